The van der Waals surface area contributed by atoms with Crippen LogP contribution in [0.2, 0.25) is 0 Å². The van der Waals surface area contributed by atoms with E-state index < -0.39 is 0 Å². The average Bonchev–Trinajstić information content (AvgIpc) is 2.96. The first-order valence-corrected chi connectivity index (χ1v) is 5.90. The highest BCUT2D eigenvalue weighted by atomic mass is 16.1. The lowest BCUT2D eigenvalue weighted by atomic mass is 10.1. The number of carbonyl (C=O) groups is 1. The van der Waals surface area contributed by atoms with Crippen molar-refractivity contribution in [3.63, 3.8) is 0 Å². The van der Waals surface area contributed by atoms with Crippen molar-refractivity contribution < 1.29 is 4.79 Å². The van der Waals surface area contributed by atoms with Crippen LogP contribution < -0.4 is 0 Å². The number of benzene rings is 1. The predicted molar refractivity (Wildman–Crippen MR) is 72.8 cm³/mol. The van der Waals surface area contributed by atoms with E-state index in [0.29, 0.717) is 5.69 Å². The number of carbonyl (C=O) groups excluding carboxylic acids is 1. The maximum Gasteiger partial charge on any atom is 0.166 e. The van der Waals surface area contributed by atoms with E-state index in [9.17, 15) is 4.79 Å². The van der Waals surface area contributed by atoms with Gasteiger partial charge in [-0.2, -0.15) is 0 Å². The van der Waals surface area contributed by atoms with Gasteiger partial charge in [0.2, 0.25) is 0 Å². The molecule has 90 valence electrons. The molecule has 0 spiro atoms. The maximum atomic E-state index is 10.7. The molecule has 18 heavy (non-hydrogen) atoms. The topological polar surface area (TPSA) is 37.8 Å². The van der Waals surface area contributed by atoms with Crippen LogP contribution in [0.3, 0.4) is 0 Å². The number of fused-ring (bicyclic) bond motifs is 1. The largest absolute Gasteiger partial charge is 0.351 e. The van der Waals surface area contributed by atoms with Crippen molar-refractivity contribution in [3.05, 3.63) is 47.7 Å². The molecule has 0 fully saturated rings. The molecule has 3 heteroatoms. The average molecular weight is 238 g/mol. The zero-order chi connectivity index (χ0) is 12.7. The van der Waals surface area contributed by atoms with Gasteiger partial charge in [-0.15, -0.1) is 0 Å². The molecule has 0 bridgehead atoms. The van der Waals surface area contributed by atoms with Crippen molar-refractivity contribution in [2.24, 2.45) is 7.05 Å². The third-order valence-electron chi connectivity index (χ3n) is 3.42. The molecule has 1 N–H and O–H groups in total. The molecule has 0 aliphatic carbocycles. The second-order valence-electron chi connectivity index (χ2n) is 4.54. The van der Waals surface area contributed by atoms with Crippen molar-refractivity contribution in [1.82, 2.24) is 9.55 Å². The minimum Gasteiger partial charge on any atom is -0.351 e. The molecule has 0 amide bonds. The Balaban J connectivity index is 2.26. The summed E-state index contributed by atoms with van der Waals surface area (Å²) in [6, 6.07) is 12.2. The number of aromatic nitrogens is 2. The first kappa shape index (κ1) is 10.8. The van der Waals surface area contributed by atoms with Crippen LogP contribution in [-0.4, -0.2) is 15.8 Å². The molecule has 2 aromatic heterocycles. The van der Waals surface area contributed by atoms with Gasteiger partial charge in [-0.3, -0.25) is 4.79 Å². The molecule has 0 aliphatic rings. The Morgan fingerprint density at radius 1 is 1.22 bits per heavy atom. The van der Waals surface area contributed by atoms with E-state index in [1.54, 1.807) is 6.07 Å². The number of rotatable bonds is 2. The third-order valence-corrected chi connectivity index (χ3v) is 3.42. The number of nitrogens with zero attached hydrogens (tertiary/aromatic N) is 1. The Morgan fingerprint density at radius 3 is 2.72 bits per heavy atom. The van der Waals surface area contributed by atoms with Crippen molar-refractivity contribution in [3.8, 4) is 11.4 Å². The number of hydrogen-bond donors (Lipinski definition) is 1. The predicted octanol–water partition coefficient (Wildman–Crippen LogP) is 3.29. The van der Waals surface area contributed by atoms with E-state index in [1.165, 1.54) is 16.5 Å². The standard InChI is InChI=1S/C15H14N2O/c1-10-4-3-5-14-12(10)8-15(17(14)2)13-7-6-11(9-18)16-13/h3-9,16H,1-2H3. The molecule has 0 aliphatic heterocycles. The monoisotopic (exact) mass is 238 g/mol. The number of hydrogen-bond acceptors (Lipinski definition) is 1. The fraction of sp³-hybridized carbons (Fsp3) is 0.133. The van der Waals surface area contributed by atoms with Gasteiger partial charge in [0.05, 0.1) is 17.1 Å². The maximum absolute atomic E-state index is 10.7. The van der Waals surface area contributed by atoms with Crippen molar-refractivity contribution in [2.45, 2.75) is 6.92 Å². The van der Waals surface area contributed by atoms with Gasteiger partial charge in [0, 0.05) is 18.0 Å². The highest BCUT2D eigenvalue weighted by Gasteiger charge is 2.10. The molecular formula is C15H14N2O. The summed E-state index contributed by atoms with van der Waals surface area (Å²) in [6.45, 7) is 2.11. The van der Waals surface area contributed by atoms with E-state index in [2.05, 4.69) is 40.7 Å². The lowest BCUT2D eigenvalue weighted by Gasteiger charge is -2.02. The Labute approximate surface area is 105 Å². The van der Waals surface area contributed by atoms with Gasteiger partial charge in [-0.25, -0.2) is 0 Å². The van der Waals surface area contributed by atoms with Crippen molar-refractivity contribution >= 4 is 17.2 Å². The van der Waals surface area contributed by atoms with E-state index in [4.69, 9.17) is 0 Å². The van der Waals surface area contributed by atoms with Gasteiger partial charge in [0.15, 0.2) is 6.29 Å². The number of H-pyrrole nitrogens is 1. The summed E-state index contributed by atoms with van der Waals surface area (Å²) in [5, 5.41) is 1.25. The Kier molecular flexibility index (Phi) is 2.33. The molecule has 0 saturated heterocycles. The highest BCUT2D eigenvalue weighted by Crippen LogP contribution is 2.28. The second kappa shape index (κ2) is 3.88. The summed E-state index contributed by atoms with van der Waals surface area (Å²) in [6.07, 6.45) is 0.831. The number of aromatic amines is 1. The van der Waals surface area contributed by atoms with Gasteiger partial charge >= 0.3 is 0 Å². The van der Waals surface area contributed by atoms with Gasteiger partial charge in [-0.05, 0) is 36.8 Å². The molecule has 3 rings (SSSR count). The summed E-state index contributed by atoms with van der Waals surface area (Å²) < 4.78 is 2.14. The van der Waals surface area contributed by atoms with Crippen LogP contribution in [0.25, 0.3) is 22.3 Å². The molecule has 0 saturated carbocycles. The van der Waals surface area contributed by atoms with E-state index in [0.717, 1.165) is 17.7 Å². The number of aryl methyl sites for hydroxylation is 2. The van der Waals surface area contributed by atoms with Gasteiger partial charge in [0.25, 0.3) is 0 Å². The molecule has 1 aromatic carbocycles. The van der Waals surface area contributed by atoms with E-state index in [-0.39, 0.29) is 0 Å². The summed E-state index contributed by atoms with van der Waals surface area (Å²) in [4.78, 5) is 13.8. The normalized spacial score (nSPS) is 11.0. The van der Waals surface area contributed by atoms with Gasteiger partial charge in [0.1, 0.15) is 0 Å². The quantitative estimate of drug-likeness (QED) is 0.683. The first-order valence-electron chi connectivity index (χ1n) is 5.90. The van der Waals surface area contributed by atoms with Gasteiger partial charge < -0.3 is 9.55 Å². The van der Waals surface area contributed by atoms with Gasteiger partial charge in [-0.1, -0.05) is 12.1 Å². The molecule has 2 heterocycles. The fourth-order valence-corrected chi connectivity index (χ4v) is 2.40. The van der Waals surface area contributed by atoms with E-state index in [1.807, 2.05) is 13.1 Å². The van der Waals surface area contributed by atoms with Crippen LogP contribution >= 0.6 is 0 Å². The molecule has 0 radical (unpaired) electrons. The third kappa shape index (κ3) is 1.48. The number of aldehydes is 1. The molecule has 0 unspecified atom stereocenters. The van der Waals surface area contributed by atoms with E-state index >= 15 is 0 Å². The SMILES string of the molecule is Cc1cccc2c1cc(-c1ccc(C=O)[nH]1)n2C. The lowest BCUT2D eigenvalue weighted by molar-refractivity contribution is 0.111. The fourth-order valence-electron chi connectivity index (χ4n) is 2.40. The second-order valence-corrected chi connectivity index (χ2v) is 4.54. The molecule has 3 aromatic rings. The van der Waals surface area contributed by atoms with Crippen LogP contribution in [0, 0.1) is 6.92 Å². The summed E-state index contributed by atoms with van der Waals surface area (Å²) in [5.41, 5.74) is 5.12. The minimum absolute atomic E-state index is 0.604. The lowest BCUT2D eigenvalue weighted by Crippen LogP contribution is -1.91. The minimum atomic E-state index is 0.604. The Morgan fingerprint density at radius 2 is 2.06 bits per heavy atom. The smallest absolute Gasteiger partial charge is 0.166 e. The van der Waals surface area contributed by atoms with Crippen LogP contribution in [0.1, 0.15) is 16.1 Å². The summed E-state index contributed by atoms with van der Waals surface area (Å²) in [7, 11) is 2.04. The van der Waals surface area contributed by atoms with Crippen LogP contribution in [0.5, 0.6) is 0 Å². The highest BCUT2D eigenvalue weighted by molar-refractivity contribution is 5.89. The van der Waals surface area contributed by atoms with Crippen LogP contribution in [0.4, 0.5) is 0 Å². The zero-order valence-corrected chi connectivity index (χ0v) is 10.4. The molecule has 0 atom stereocenters. The van der Waals surface area contributed by atoms with Crippen molar-refractivity contribution in [2.75, 3.05) is 0 Å². The van der Waals surface area contributed by atoms with Crippen LogP contribution in [0.15, 0.2) is 36.4 Å². The summed E-state index contributed by atoms with van der Waals surface area (Å²) >= 11 is 0. The Hall–Kier alpha value is -2.29. The molecular weight excluding hydrogens is 224 g/mol. The zero-order valence-electron chi connectivity index (χ0n) is 10.4. The van der Waals surface area contributed by atoms with Crippen LogP contribution in [-0.2, 0) is 7.05 Å². The van der Waals surface area contributed by atoms with Crippen molar-refractivity contribution in [1.29, 1.82) is 0 Å². The first-order chi connectivity index (χ1) is 8.70. The summed E-state index contributed by atoms with van der Waals surface area (Å²) in [5.74, 6) is 0. The molecule has 3 nitrogen and oxygen atoms in total. The number of nitrogens with one attached hydrogen (secondary N) is 1. The Bertz CT molecular complexity index is 734.